The van der Waals surface area contributed by atoms with Gasteiger partial charge < -0.3 is 19.3 Å². The fourth-order valence-electron chi connectivity index (χ4n) is 2.88. The van der Waals surface area contributed by atoms with Gasteiger partial charge in [-0.15, -0.1) is 18.0 Å². The van der Waals surface area contributed by atoms with E-state index in [4.69, 9.17) is 32.2 Å². The van der Waals surface area contributed by atoms with Gasteiger partial charge in [0.1, 0.15) is 30.8 Å². The van der Waals surface area contributed by atoms with E-state index in [1.807, 2.05) is 36.4 Å². The van der Waals surface area contributed by atoms with E-state index < -0.39 is 6.10 Å². The average molecular weight is 431 g/mol. The smallest absolute Gasteiger partial charge is 0.119 e. The number of benzene rings is 2. The van der Waals surface area contributed by atoms with E-state index in [0.29, 0.717) is 24.2 Å². The fraction of sp³-hybridized carbons (Fsp3) is 0.440. The Morgan fingerprint density at radius 3 is 1.90 bits per heavy atom. The fourth-order valence-corrected chi connectivity index (χ4v) is 2.97. The second-order valence-electron chi connectivity index (χ2n) is 7.93. The molecule has 2 atom stereocenters. The summed E-state index contributed by atoms with van der Waals surface area (Å²) in [6, 6.07) is 16.1. The van der Waals surface area contributed by atoms with Crippen LogP contribution in [0.4, 0.5) is 0 Å². The molecule has 0 aliphatic heterocycles. The van der Waals surface area contributed by atoms with Crippen LogP contribution in [0.25, 0.3) is 0 Å². The molecular weight excluding hydrogens is 400 g/mol. The molecule has 2 aromatic carbocycles. The van der Waals surface area contributed by atoms with Crippen LogP contribution in [-0.4, -0.2) is 43.5 Å². The van der Waals surface area contributed by atoms with Crippen molar-refractivity contribution in [1.29, 1.82) is 0 Å². The van der Waals surface area contributed by atoms with Crippen LogP contribution < -0.4 is 9.47 Å². The zero-order chi connectivity index (χ0) is 22.0. The van der Waals surface area contributed by atoms with E-state index >= 15 is 0 Å². The highest BCUT2D eigenvalue weighted by Gasteiger charge is 2.23. The minimum atomic E-state index is -0.720. The average Bonchev–Trinajstić information content (AvgIpc) is 2.76. The van der Waals surface area contributed by atoms with Crippen molar-refractivity contribution >= 4 is 11.6 Å². The van der Waals surface area contributed by atoms with Crippen LogP contribution in [-0.2, 0) is 10.2 Å². The number of aliphatic hydroxyl groups excluding tert-OH is 1. The number of alkyl halides is 1. The lowest BCUT2D eigenvalue weighted by atomic mass is 9.78. The summed E-state index contributed by atoms with van der Waals surface area (Å²) in [7, 11) is 0. The van der Waals surface area contributed by atoms with Gasteiger partial charge in [0, 0.05) is 17.2 Å². The van der Waals surface area contributed by atoms with Gasteiger partial charge >= 0.3 is 0 Å². The molecule has 0 amide bonds. The minimum Gasteiger partial charge on any atom is -0.493 e. The highest BCUT2D eigenvalue weighted by atomic mass is 35.5. The van der Waals surface area contributed by atoms with E-state index in [0.717, 1.165) is 11.3 Å². The van der Waals surface area contributed by atoms with Gasteiger partial charge in [-0.3, -0.25) is 0 Å². The number of hydrogen-bond donors (Lipinski definition) is 1. The number of rotatable bonds is 12. The molecule has 2 rings (SSSR count). The molecule has 0 spiro atoms. The topological polar surface area (TPSA) is 47.9 Å². The molecule has 30 heavy (non-hydrogen) atoms. The second kappa shape index (κ2) is 11.9. The van der Waals surface area contributed by atoms with E-state index in [1.54, 1.807) is 0 Å². The molecule has 0 saturated heterocycles. The van der Waals surface area contributed by atoms with Crippen molar-refractivity contribution in [2.24, 2.45) is 5.92 Å². The van der Waals surface area contributed by atoms with Crippen LogP contribution in [0, 0.1) is 18.3 Å². The van der Waals surface area contributed by atoms with E-state index in [1.165, 1.54) is 5.56 Å². The van der Waals surface area contributed by atoms with Gasteiger partial charge in [0.05, 0.1) is 13.2 Å². The number of ether oxygens (including phenoxy) is 3. The van der Waals surface area contributed by atoms with Crippen LogP contribution in [0.2, 0.25) is 0 Å². The van der Waals surface area contributed by atoms with E-state index in [2.05, 4.69) is 38.8 Å². The van der Waals surface area contributed by atoms with Crippen LogP contribution >= 0.6 is 11.6 Å². The van der Waals surface area contributed by atoms with Gasteiger partial charge in [0.25, 0.3) is 0 Å². The maximum atomic E-state index is 9.84. The Bertz CT molecular complexity index is 793. The summed E-state index contributed by atoms with van der Waals surface area (Å²) < 4.78 is 16.5. The monoisotopic (exact) mass is 430 g/mol. The molecule has 0 aliphatic carbocycles. The van der Waals surface area contributed by atoms with Crippen LogP contribution in [0.1, 0.15) is 31.9 Å². The van der Waals surface area contributed by atoms with Crippen molar-refractivity contribution in [2.45, 2.75) is 32.3 Å². The van der Waals surface area contributed by atoms with Gasteiger partial charge in [-0.05, 0) is 35.4 Å². The zero-order valence-corrected chi connectivity index (χ0v) is 18.7. The SMILES string of the molecule is C#CCOC[C@H](O)COc1ccc(C(C)(C)c2ccc(OC[C@@H](C)CCl)cc2)cc1. The molecule has 5 heteroatoms. The third kappa shape index (κ3) is 7.25. The molecular formula is C25H31ClO4. The van der Waals surface area contributed by atoms with Gasteiger partial charge in [-0.25, -0.2) is 0 Å². The lowest BCUT2D eigenvalue weighted by Crippen LogP contribution is -2.23. The molecule has 0 radical (unpaired) electrons. The maximum absolute atomic E-state index is 9.84. The van der Waals surface area contributed by atoms with Crippen molar-refractivity contribution in [3.63, 3.8) is 0 Å². The molecule has 0 saturated carbocycles. The molecule has 4 nitrogen and oxygen atoms in total. The number of terminal acetylenes is 1. The Kier molecular flexibility index (Phi) is 9.52. The normalized spacial score (nSPS) is 13.3. The van der Waals surface area contributed by atoms with E-state index in [9.17, 15) is 5.11 Å². The summed E-state index contributed by atoms with van der Waals surface area (Å²) >= 11 is 5.83. The van der Waals surface area contributed by atoms with Crippen molar-refractivity contribution in [3.8, 4) is 23.8 Å². The molecule has 0 heterocycles. The number of halogens is 1. The summed E-state index contributed by atoms with van der Waals surface area (Å²) in [5.41, 5.74) is 2.18. The summed E-state index contributed by atoms with van der Waals surface area (Å²) in [5, 5.41) is 9.84. The van der Waals surface area contributed by atoms with Crippen molar-refractivity contribution in [2.75, 3.05) is 32.3 Å². The first kappa shape index (κ1) is 24.1. The molecule has 0 aromatic heterocycles. The molecule has 0 unspecified atom stereocenters. The lowest BCUT2D eigenvalue weighted by Gasteiger charge is -2.26. The quantitative estimate of drug-likeness (QED) is 0.302. The Balaban J connectivity index is 1.95. The Labute approximate surface area is 185 Å². The van der Waals surface area contributed by atoms with Crippen molar-refractivity contribution in [3.05, 3.63) is 59.7 Å². The Hall–Kier alpha value is -2.19. The predicted molar refractivity (Wildman–Crippen MR) is 122 cm³/mol. The van der Waals surface area contributed by atoms with E-state index in [-0.39, 0.29) is 25.2 Å². The first-order chi connectivity index (χ1) is 14.4. The van der Waals surface area contributed by atoms with Crippen molar-refractivity contribution in [1.82, 2.24) is 0 Å². The Morgan fingerprint density at radius 1 is 0.933 bits per heavy atom. The first-order valence-electron chi connectivity index (χ1n) is 10.1. The standard InChI is InChI=1S/C25H31ClO4/c1-5-14-28-17-22(27)18-30-24-12-8-21(9-13-24)25(3,4)20-6-10-23(11-7-20)29-16-19(2)15-26/h1,6-13,19,22,27H,14-18H2,2-4H3/t19-,22-/m0/s1. The molecule has 0 fully saturated rings. The number of hydrogen-bond acceptors (Lipinski definition) is 4. The minimum absolute atomic E-state index is 0.150. The predicted octanol–water partition coefficient (Wildman–Crippen LogP) is 4.66. The maximum Gasteiger partial charge on any atom is 0.119 e. The summed E-state index contributed by atoms with van der Waals surface area (Å²) in [5.74, 6) is 4.81. The zero-order valence-electron chi connectivity index (χ0n) is 17.9. The first-order valence-corrected chi connectivity index (χ1v) is 10.6. The Morgan fingerprint density at radius 2 is 1.43 bits per heavy atom. The molecule has 162 valence electrons. The molecule has 2 aromatic rings. The molecule has 1 N–H and O–H groups in total. The van der Waals surface area contributed by atoms with Crippen LogP contribution in [0.3, 0.4) is 0 Å². The third-order valence-corrected chi connectivity index (χ3v) is 5.41. The summed E-state index contributed by atoms with van der Waals surface area (Å²) in [6.07, 6.45) is 4.39. The van der Waals surface area contributed by atoms with Gasteiger partial charge in [-0.2, -0.15) is 0 Å². The lowest BCUT2D eigenvalue weighted by molar-refractivity contribution is 0.0229. The second-order valence-corrected chi connectivity index (χ2v) is 8.24. The third-order valence-electron chi connectivity index (χ3n) is 4.89. The largest absolute Gasteiger partial charge is 0.493 e. The highest BCUT2D eigenvalue weighted by Crippen LogP contribution is 2.33. The van der Waals surface area contributed by atoms with Crippen LogP contribution in [0.15, 0.2) is 48.5 Å². The highest BCUT2D eigenvalue weighted by molar-refractivity contribution is 6.18. The van der Waals surface area contributed by atoms with Gasteiger partial charge in [0.15, 0.2) is 0 Å². The van der Waals surface area contributed by atoms with Gasteiger partial charge in [0.2, 0.25) is 0 Å². The summed E-state index contributed by atoms with van der Waals surface area (Å²) in [6.45, 7) is 7.52. The van der Waals surface area contributed by atoms with Gasteiger partial charge in [-0.1, -0.05) is 51.0 Å². The van der Waals surface area contributed by atoms with Crippen LogP contribution in [0.5, 0.6) is 11.5 Å². The molecule has 0 aliphatic rings. The number of aliphatic hydroxyl groups is 1. The molecule has 0 bridgehead atoms. The summed E-state index contributed by atoms with van der Waals surface area (Å²) in [4.78, 5) is 0. The van der Waals surface area contributed by atoms with Crippen molar-refractivity contribution < 1.29 is 19.3 Å².